The number of nitrogen functional groups attached to an aromatic ring is 1. The Hall–Kier alpha value is -1.96. The van der Waals surface area contributed by atoms with Crippen molar-refractivity contribution in [1.82, 2.24) is 0 Å². The molecule has 2 aromatic rings. The Labute approximate surface area is 115 Å². The zero-order valence-corrected chi connectivity index (χ0v) is 11.8. The van der Waals surface area contributed by atoms with E-state index in [0.29, 0.717) is 12.5 Å². The zero-order valence-electron chi connectivity index (χ0n) is 11.8. The standard InChI is InChI=1S/C17H21NO/c1-12(2)17-8-7-16(9-13(17)3)19-11-14-5-4-6-15(18)10-14/h4-10,12H,11,18H2,1-3H3. The summed E-state index contributed by atoms with van der Waals surface area (Å²) in [4.78, 5) is 0. The van der Waals surface area contributed by atoms with Crippen LogP contribution in [0, 0.1) is 6.92 Å². The first-order valence-corrected chi connectivity index (χ1v) is 6.64. The summed E-state index contributed by atoms with van der Waals surface area (Å²) in [5, 5.41) is 0. The Bertz CT molecular complexity index is 561. The zero-order chi connectivity index (χ0) is 13.8. The fourth-order valence-electron chi connectivity index (χ4n) is 2.24. The molecule has 0 unspecified atom stereocenters. The van der Waals surface area contributed by atoms with E-state index in [4.69, 9.17) is 10.5 Å². The van der Waals surface area contributed by atoms with Gasteiger partial charge in [-0.3, -0.25) is 0 Å². The minimum absolute atomic E-state index is 0.544. The van der Waals surface area contributed by atoms with E-state index < -0.39 is 0 Å². The Morgan fingerprint density at radius 1 is 1.11 bits per heavy atom. The fourth-order valence-corrected chi connectivity index (χ4v) is 2.24. The molecule has 2 aromatic carbocycles. The minimum Gasteiger partial charge on any atom is -0.489 e. The van der Waals surface area contributed by atoms with E-state index in [1.807, 2.05) is 30.3 Å². The SMILES string of the molecule is Cc1cc(OCc2cccc(N)c2)ccc1C(C)C. The maximum Gasteiger partial charge on any atom is 0.120 e. The molecular formula is C17H21NO. The molecule has 0 heterocycles. The highest BCUT2D eigenvalue weighted by molar-refractivity contribution is 5.41. The number of hydrogen-bond donors (Lipinski definition) is 1. The van der Waals surface area contributed by atoms with Crippen molar-refractivity contribution in [2.75, 3.05) is 5.73 Å². The summed E-state index contributed by atoms with van der Waals surface area (Å²) in [6, 6.07) is 14.1. The third-order valence-corrected chi connectivity index (χ3v) is 3.22. The summed E-state index contributed by atoms with van der Waals surface area (Å²) in [6.45, 7) is 7.08. The third-order valence-electron chi connectivity index (χ3n) is 3.22. The van der Waals surface area contributed by atoms with Crippen molar-refractivity contribution in [3.63, 3.8) is 0 Å². The molecule has 0 aliphatic heterocycles. The second kappa shape index (κ2) is 5.79. The van der Waals surface area contributed by atoms with Gasteiger partial charge < -0.3 is 10.5 Å². The van der Waals surface area contributed by atoms with Gasteiger partial charge in [0.2, 0.25) is 0 Å². The second-order valence-electron chi connectivity index (χ2n) is 5.21. The lowest BCUT2D eigenvalue weighted by Gasteiger charge is -2.12. The molecule has 19 heavy (non-hydrogen) atoms. The summed E-state index contributed by atoms with van der Waals surface area (Å²) in [7, 11) is 0. The van der Waals surface area contributed by atoms with Gasteiger partial charge in [-0.25, -0.2) is 0 Å². The smallest absolute Gasteiger partial charge is 0.120 e. The Kier molecular flexibility index (Phi) is 4.10. The topological polar surface area (TPSA) is 35.2 Å². The van der Waals surface area contributed by atoms with Crippen LogP contribution in [0.5, 0.6) is 5.75 Å². The van der Waals surface area contributed by atoms with Crippen molar-refractivity contribution in [1.29, 1.82) is 0 Å². The number of benzene rings is 2. The maximum absolute atomic E-state index is 5.81. The maximum atomic E-state index is 5.81. The number of nitrogens with two attached hydrogens (primary N) is 1. The van der Waals surface area contributed by atoms with Gasteiger partial charge in [0, 0.05) is 5.69 Å². The average molecular weight is 255 g/mol. The second-order valence-corrected chi connectivity index (χ2v) is 5.21. The van der Waals surface area contributed by atoms with Crippen LogP contribution < -0.4 is 10.5 Å². The molecule has 2 N–H and O–H groups in total. The van der Waals surface area contributed by atoms with E-state index in [1.165, 1.54) is 11.1 Å². The normalized spacial score (nSPS) is 10.7. The molecule has 0 saturated heterocycles. The van der Waals surface area contributed by atoms with Gasteiger partial charge in [-0.1, -0.05) is 32.0 Å². The molecule has 100 valence electrons. The molecule has 2 heteroatoms. The molecule has 0 aromatic heterocycles. The first-order chi connectivity index (χ1) is 9.06. The predicted octanol–water partition coefficient (Wildman–Crippen LogP) is 4.28. The Balaban J connectivity index is 2.06. The van der Waals surface area contributed by atoms with Gasteiger partial charge >= 0.3 is 0 Å². The highest BCUT2D eigenvalue weighted by Crippen LogP contribution is 2.24. The highest BCUT2D eigenvalue weighted by Gasteiger charge is 2.05. The first-order valence-electron chi connectivity index (χ1n) is 6.64. The van der Waals surface area contributed by atoms with Crippen LogP contribution in [0.15, 0.2) is 42.5 Å². The quantitative estimate of drug-likeness (QED) is 0.828. The molecule has 0 spiro atoms. The number of aryl methyl sites for hydroxylation is 1. The molecule has 0 fully saturated rings. The van der Waals surface area contributed by atoms with Gasteiger partial charge in [-0.2, -0.15) is 0 Å². The van der Waals surface area contributed by atoms with Crippen molar-refractivity contribution in [2.24, 2.45) is 0 Å². The Morgan fingerprint density at radius 2 is 1.89 bits per heavy atom. The summed E-state index contributed by atoms with van der Waals surface area (Å²) < 4.78 is 5.81. The first kappa shape index (κ1) is 13.5. The van der Waals surface area contributed by atoms with Crippen LogP contribution in [0.4, 0.5) is 5.69 Å². The lowest BCUT2D eigenvalue weighted by Crippen LogP contribution is -1.98. The van der Waals surface area contributed by atoms with E-state index in [9.17, 15) is 0 Å². The lowest BCUT2D eigenvalue weighted by atomic mass is 9.98. The van der Waals surface area contributed by atoms with E-state index in [1.54, 1.807) is 0 Å². The molecule has 0 aliphatic rings. The molecule has 2 rings (SSSR count). The molecule has 0 bridgehead atoms. The monoisotopic (exact) mass is 255 g/mol. The van der Waals surface area contributed by atoms with Crippen LogP contribution in [0.1, 0.15) is 36.5 Å². The van der Waals surface area contributed by atoms with E-state index in [2.05, 4.69) is 32.9 Å². The fraction of sp³-hybridized carbons (Fsp3) is 0.294. The van der Waals surface area contributed by atoms with Crippen LogP contribution in [0.25, 0.3) is 0 Å². The van der Waals surface area contributed by atoms with Crippen molar-refractivity contribution in [2.45, 2.75) is 33.3 Å². The van der Waals surface area contributed by atoms with Crippen LogP contribution in [-0.2, 0) is 6.61 Å². The molecule has 2 nitrogen and oxygen atoms in total. The molecular weight excluding hydrogens is 234 g/mol. The van der Waals surface area contributed by atoms with Crippen LogP contribution in [-0.4, -0.2) is 0 Å². The summed E-state index contributed by atoms with van der Waals surface area (Å²) in [5.74, 6) is 1.45. The van der Waals surface area contributed by atoms with Crippen molar-refractivity contribution in [3.05, 3.63) is 59.2 Å². The van der Waals surface area contributed by atoms with Gasteiger partial charge in [0.15, 0.2) is 0 Å². The summed E-state index contributed by atoms with van der Waals surface area (Å²) in [6.07, 6.45) is 0. The number of anilines is 1. The van der Waals surface area contributed by atoms with Gasteiger partial charge in [-0.05, 0) is 53.8 Å². The number of rotatable bonds is 4. The van der Waals surface area contributed by atoms with Crippen LogP contribution in [0.3, 0.4) is 0 Å². The van der Waals surface area contributed by atoms with Crippen molar-refractivity contribution in [3.8, 4) is 5.75 Å². The number of ether oxygens (including phenoxy) is 1. The van der Waals surface area contributed by atoms with Crippen molar-refractivity contribution < 1.29 is 4.74 Å². The summed E-state index contributed by atoms with van der Waals surface area (Å²) >= 11 is 0. The summed E-state index contributed by atoms with van der Waals surface area (Å²) in [5.41, 5.74) is 10.3. The molecule has 0 saturated carbocycles. The van der Waals surface area contributed by atoms with Crippen LogP contribution >= 0.6 is 0 Å². The van der Waals surface area contributed by atoms with Crippen molar-refractivity contribution >= 4 is 5.69 Å². The largest absolute Gasteiger partial charge is 0.489 e. The van der Waals surface area contributed by atoms with Gasteiger partial charge in [-0.15, -0.1) is 0 Å². The Morgan fingerprint density at radius 3 is 2.53 bits per heavy atom. The molecule has 0 amide bonds. The lowest BCUT2D eigenvalue weighted by molar-refractivity contribution is 0.306. The molecule has 0 radical (unpaired) electrons. The number of hydrogen-bond acceptors (Lipinski definition) is 2. The van der Waals surface area contributed by atoms with Gasteiger partial charge in [0.1, 0.15) is 12.4 Å². The highest BCUT2D eigenvalue weighted by atomic mass is 16.5. The molecule has 0 aliphatic carbocycles. The van der Waals surface area contributed by atoms with E-state index in [-0.39, 0.29) is 0 Å². The minimum atomic E-state index is 0.544. The molecule has 0 atom stereocenters. The average Bonchev–Trinajstić information content (AvgIpc) is 2.36. The predicted molar refractivity (Wildman–Crippen MR) is 80.5 cm³/mol. The van der Waals surface area contributed by atoms with E-state index >= 15 is 0 Å². The van der Waals surface area contributed by atoms with Gasteiger partial charge in [0.25, 0.3) is 0 Å². The van der Waals surface area contributed by atoms with Crippen LogP contribution in [0.2, 0.25) is 0 Å². The van der Waals surface area contributed by atoms with E-state index in [0.717, 1.165) is 17.0 Å². The van der Waals surface area contributed by atoms with Gasteiger partial charge in [0.05, 0.1) is 0 Å². The third kappa shape index (κ3) is 3.50.